The van der Waals surface area contributed by atoms with Crippen molar-refractivity contribution in [1.82, 2.24) is 0 Å². The summed E-state index contributed by atoms with van der Waals surface area (Å²) in [5.41, 5.74) is 1.92. The second-order valence-electron chi connectivity index (χ2n) is 3.19. The molecule has 0 bridgehead atoms. The number of allylic oxidation sites excluding steroid dienone is 4. The zero-order valence-corrected chi connectivity index (χ0v) is 9.97. The number of ether oxygens (including phenoxy) is 1. The van der Waals surface area contributed by atoms with Crippen LogP contribution in [0.1, 0.15) is 12.5 Å². The van der Waals surface area contributed by atoms with Gasteiger partial charge >= 0.3 is 0 Å². The van der Waals surface area contributed by atoms with Crippen molar-refractivity contribution >= 4 is 5.71 Å². The van der Waals surface area contributed by atoms with E-state index in [1.165, 1.54) is 0 Å². The summed E-state index contributed by atoms with van der Waals surface area (Å²) in [6.45, 7) is 1.98. The molecule has 0 spiro atoms. The van der Waals surface area contributed by atoms with Crippen LogP contribution in [0, 0.1) is 0 Å². The molecule has 1 rings (SSSR count). The predicted octanol–water partition coefficient (Wildman–Crippen LogP) is 3.25. The molecular formula is C14H17NO. The van der Waals surface area contributed by atoms with E-state index >= 15 is 0 Å². The Morgan fingerprint density at radius 2 is 2.00 bits per heavy atom. The highest BCUT2D eigenvalue weighted by Crippen LogP contribution is 2.18. The number of nitrogens with zero attached hydrogens (tertiary/aromatic N) is 1. The second kappa shape index (κ2) is 6.62. The molecule has 2 nitrogen and oxygen atoms in total. The maximum atomic E-state index is 5.30. The predicted molar refractivity (Wildman–Crippen MR) is 69.4 cm³/mol. The number of methoxy groups -OCH3 is 1. The van der Waals surface area contributed by atoms with Gasteiger partial charge in [0.2, 0.25) is 0 Å². The Balaban J connectivity index is 3.05. The average molecular weight is 215 g/mol. The van der Waals surface area contributed by atoms with Crippen LogP contribution in [-0.2, 0) is 0 Å². The van der Waals surface area contributed by atoms with Gasteiger partial charge in [0.15, 0.2) is 0 Å². The lowest BCUT2D eigenvalue weighted by molar-refractivity contribution is 0.414. The van der Waals surface area contributed by atoms with Crippen LogP contribution in [-0.4, -0.2) is 19.9 Å². The van der Waals surface area contributed by atoms with Crippen molar-refractivity contribution in [3.63, 3.8) is 0 Å². The number of benzene rings is 1. The van der Waals surface area contributed by atoms with E-state index in [4.69, 9.17) is 4.74 Å². The third kappa shape index (κ3) is 3.09. The monoisotopic (exact) mass is 215 g/mol. The van der Waals surface area contributed by atoms with Gasteiger partial charge in [0, 0.05) is 12.6 Å². The van der Waals surface area contributed by atoms with Gasteiger partial charge in [0.25, 0.3) is 0 Å². The van der Waals surface area contributed by atoms with Gasteiger partial charge in [-0.15, -0.1) is 0 Å². The quantitative estimate of drug-likeness (QED) is 0.558. The molecule has 0 aliphatic rings. The third-order valence-corrected chi connectivity index (χ3v) is 2.18. The van der Waals surface area contributed by atoms with Crippen LogP contribution < -0.4 is 4.74 Å². The first-order valence-corrected chi connectivity index (χ1v) is 5.23. The van der Waals surface area contributed by atoms with Gasteiger partial charge < -0.3 is 4.74 Å². The molecule has 0 saturated carbocycles. The molecule has 0 aliphatic carbocycles. The minimum absolute atomic E-state index is 0.841. The van der Waals surface area contributed by atoms with Crippen LogP contribution in [0.25, 0.3) is 0 Å². The standard InChI is InChI=1S/C14H17NO/c1-4-5-6-10-13(15-2)12-9-7-8-11-14(12)16-3/h4-11H,1-3H3/b5-4-,10-6-,15-13?. The van der Waals surface area contributed by atoms with Gasteiger partial charge in [-0.25, -0.2) is 0 Å². The summed E-state index contributed by atoms with van der Waals surface area (Å²) in [7, 11) is 3.45. The molecule has 0 unspecified atom stereocenters. The minimum Gasteiger partial charge on any atom is -0.496 e. The van der Waals surface area contributed by atoms with Gasteiger partial charge in [0.05, 0.1) is 12.8 Å². The van der Waals surface area contributed by atoms with E-state index in [2.05, 4.69) is 4.99 Å². The van der Waals surface area contributed by atoms with Crippen LogP contribution in [0.4, 0.5) is 0 Å². The summed E-state index contributed by atoms with van der Waals surface area (Å²) >= 11 is 0. The fourth-order valence-corrected chi connectivity index (χ4v) is 1.40. The van der Waals surface area contributed by atoms with Crippen molar-refractivity contribution in [2.24, 2.45) is 4.99 Å². The summed E-state index contributed by atoms with van der Waals surface area (Å²) in [6, 6.07) is 7.86. The summed E-state index contributed by atoms with van der Waals surface area (Å²) in [5.74, 6) is 0.841. The Labute approximate surface area is 97.0 Å². The van der Waals surface area contributed by atoms with E-state index in [-0.39, 0.29) is 0 Å². The van der Waals surface area contributed by atoms with Crippen molar-refractivity contribution < 1.29 is 4.74 Å². The lowest BCUT2D eigenvalue weighted by atomic mass is 10.1. The van der Waals surface area contributed by atoms with Crippen LogP contribution in [0.3, 0.4) is 0 Å². The van der Waals surface area contributed by atoms with E-state index in [1.807, 2.05) is 55.5 Å². The zero-order valence-electron chi connectivity index (χ0n) is 9.97. The first kappa shape index (κ1) is 12.2. The summed E-state index contributed by atoms with van der Waals surface area (Å²) in [4.78, 5) is 4.25. The molecule has 2 heteroatoms. The Hall–Kier alpha value is -1.83. The molecule has 0 atom stereocenters. The molecule has 16 heavy (non-hydrogen) atoms. The van der Waals surface area contributed by atoms with Gasteiger partial charge in [-0.05, 0) is 25.1 Å². The van der Waals surface area contributed by atoms with Gasteiger partial charge in [-0.1, -0.05) is 30.4 Å². The molecule has 0 fully saturated rings. The fourth-order valence-electron chi connectivity index (χ4n) is 1.40. The highest BCUT2D eigenvalue weighted by Gasteiger charge is 2.04. The Morgan fingerprint density at radius 1 is 1.25 bits per heavy atom. The Morgan fingerprint density at radius 3 is 2.62 bits per heavy atom. The summed E-state index contributed by atoms with van der Waals surface area (Å²) < 4.78 is 5.30. The molecule has 0 amide bonds. The van der Waals surface area contributed by atoms with E-state index in [1.54, 1.807) is 14.2 Å². The van der Waals surface area contributed by atoms with E-state index < -0.39 is 0 Å². The van der Waals surface area contributed by atoms with Crippen LogP contribution in [0.2, 0.25) is 0 Å². The summed E-state index contributed by atoms with van der Waals surface area (Å²) in [6.07, 6.45) is 7.89. The highest BCUT2D eigenvalue weighted by atomic mass is 16.5. The molecular weight excluding hydrogens is 198 g/mol. The lowest BCUT2D eigenvalue weighted by Gasteiger charge is -2.07. The third-order valence-electron chi connectivity index (χ3n) is 2.18. The molecule has 1 aromatic rings. The topological polar surface area (TPSA) is 21.6 Å². The Kier molecular flexibility index (Phi) is 5.06. The Bertz CT molecular complexity index is 416. The van der Waals surface area contributed by atoms with Crippen molar-refractivity contribution in [2.45, 2.75) is 6.92 Å². The maximum Gasteiger partial charge on any atom is 0.128 e. The fraction of sp³-hybridized carbons (Fsp3) is 0.214. The maximum absolute atomic E-state index is 5.30. The van der Waals surface area contributed by atoms with Crippen molar-refractivity contribution in [3.8, 4) is 5.75 Å². The number of rotatable bonds is 4. The number of aliphatic imine (C=N–C) groups is 1. The molecule has 0 aliphatic heterocycles. The normalized spacial score (nSPS) is 12.6. The van der Waals surface area contributed by atoms with Gasteiger partial charge in [-0.2, -0.15) is 0 Å². The number of hydrogen-bond donors (Lipinski definition) is 0. The van der Waals surface area contributed by atoms with Gasteiger partial charge in [0.1, 0.15) is 5.75 Å². The second-order valence-corrected chi connectivity index (χ2v) is 3.19. The van der Waals surface area contributed by atoms with E-state index in [0.717, 1.165) is 17.0 Å². The molecule has 84 valence electrons. The largest absolute Gasteiger partial charge is 0.496 e. The molecule has 0 N–H and O–H groups in total. The molecule has 1 aromatic carbocycles. The zero-order chi connectivity index (χ0) is 11.8. The van der Waals surface area contributed by atoms with Crippen molar-refractivity contribution in [2.75, 3.05) is 14.2 Å². The summed E-state index contributed by atoms with van der Waals surface area (Å²) in [5, 5.41) is 0. The first-order chi connectivity index (χ1) is 7.83. The minimum atomic E-state index is 0.841. The van der Waals surface area contributed by atoms with E-state index in [9.17, 15) is 0 Å². The van der Waals surface area contributed by atoms with Crippen molar-refractivity contribution in [1.29, 1.82) is 0 Å². The molecule has 0 radical (unpaired) electrons. The van der Waals surface area contributed by atoms with Crippen molar-refractivity contribution in [3.05, 3.63) is 54.1 Å². The molecule has 0 heterocycles. The smallest absolute Gasteiger partial charge is 0.128 e. The SMILES string of the molecule is C/C=C\C=C/C(=NC)c1ccccc1OC. The molecule has 0 aromatic heterocycles. The van der Waals surface area contributed by atoms with Crippen LogP contribution in [0.5, 0.6) is 5.75 Å². The molecule has 0 saturated heterocycles. The van der Waals surface area contributed by atoms with Crippen LogP contribution >= 0.6 is 0 Å². The lowest BCUT2D eigenvalue weighted by Crippen LogP contribution is -1.99. The number of para-hydroxylation sites is 1. The van der Waals surface area contributed by atoms with Crippen LogP contribution in [0.15, 0.2) is 53.6 Å². The first-order valence-electron chi connectivity index (χ1n) is 5.23. The average Bonchev–Trinajstić information content (AvgIpc) is 2.35. The van der Waals surface area contributed by atoms with Gasteiger partial charge in [-0.3, -0.25) is 4.99 Å². The highest BCUT2D eigenvalue weighted by molar-refractivity contribution is 6.10. The van der Waals surface area contributed by atoms with E-state index in [0.29, 0.717) is 0 Å². The number of hydrogen-bond acceptors (Lipinski definition) is 2.